The molecule has 7 atom stereocenters. The molecule has 13 nitrogen and oxygen atoms in total. The summed E-state index contributed by atoms with van der Waals surface area (Å²) in [5.74, 6) is -7.45. The molecule has 2 aliphatic rings. The zero-order chi connectivity index (χ0) is 28.6. The lowest BCUT2D eigenvalue weighted by Crippen LogP contribution is -2.37. The Hall–Kier alpha value is -3.88. The third kappa shape index (κ3) is 5.48. The third-order valence-electron chi connectivity index (χ3n) is 6.91. The van der Waals surface area contributed by atoms with E-state index in [2.05, 4.69) is 0 Å². The van der Waals surface area contributed by atoms with Crippen LogP contribution in [0.3, 0.4) is 0 Å². The summed E-state index contributed by atoms with van der Waals surface area (Å²) in [5, 5.41) is 89.1. The van der Waals surface area contributed by atoms with Gasteiger partial charge in [0.05, 0.1) is 30.3 Å². The number of hydrogen-bond acceptors (Lipinski definition) is 12. The number of carboxylic acid groups (broad SMARTS) is 1. The van der Waals surface area contributed by atoms with E-state index in [1.54, 1.807) is 0 Å². The number of esters is 1. The van der Waals surface area contributed by atoms with Crippen molar-refractivity contribution in [3.8, 4) is 23.0 Å². The Morgan fingerprint density at radius 3 is 2.21 bits per heavy atom. The van der Waals surface area contributed by atoms with Crippen LogP contribution >= 0.6 is 0 Å². The molecule has 13 heteroatoms. The van der Waals surface area contributed by atoms with E-state index in [4.69, 9.17) is 14.6 Å². The normalized spacial score (nSPS) is 26.9. The molecule has 0 amide bonds. The molecule has 1 aliphatic heterocycles. The maximum absolute atomic E-state index is 13.2. The van der Waals surface area contributed by atoms with Gasteiger partial charge in [0, 0.05) is 12.3 Å². The van der Waals surface area contributed by atoms with Crippen LogP contribution in [0.4, 0.5) is 0 Å². The van der Waals surface area contributed by atoms with E-state index in [-0.39, 0.29) is 28.7 Å². The first kappa shape index (κ1) is 28.1. The number of aliphatic hydroxyl groups is 4. The predicted octanol–water partition coefficient (Wildman–Crippen LogP) is -0.486. The second-order valence-electron chi connectivity index (χ2n) is 9.48. The highest BCUT2D eigenvalue weighted by Gasteiger charge is 2.45. The van der Waals surface area contributed by atoms with Crippen LogP contribution in [0.15, 0.2) is 35.9 Å². The van der Waals surface area contributed by atoms with Crippen LogP contribution in [0.25, 0.3) is 6.08 Å². The summed E-state index contributed by atoms with van der Waals surface area (Å²) >= 11 is 0. The van der Waals surface area contributed by atoms with E-state index in [1.165, 1.54) is 12.1 Å². The van der Waals surface area contributed by atoms with Crippen molar-refractivity contribution < 1.29 is 65.0 Å². The van der Waals surface area contributed by atoms with Crippen molar-refractivity contribution >= 4 is 18.0 Å². The van der Waals surface area contributed by atoms with Gasteiger partial charge >= 0.3 is 11.9 Å². The SMILES string of the molecule is O=C(OCC1OC(CC(O)CO)C(O)C1O)C1=Cc2cc(O)c(O)cc2C(c2ccc(O)c(O)c2)C1C(=O)O. The standard InChI is InChI=1S/C26H28O13/c27-8-12(28)6-19-23(33)24(34)20(39-19)9-38-26(37)14-3-11-5-17(31)18(32)7-13(11)21(22(14)25(35)36)10-1-2-15(29)16(30)4-10/h1-5,7,12,19-24,27-34H,6,8-9H2,(H,35,36). The quantitative estimate of drug-likeness (QED) is 0.150. The van der Waals surface area contributed by atoms with E-state index >= 15 is 0 Å². The summed E-state index contributed by atoms with van der Waals surface area (Å²) in [6.07, 6.45) is -5.45. The molecule has 0 radical (unpaired) electrons. The topological polar surface area (TPSA) is 235 Å². The number of fused-ring (bicyclic) bond motifs is 1. The number of benzene rings is 2. The average molecular weight is 548 g/mol. The Bertz CT molecular complexity index is 1290. The number of aliphatic carboxylic acids is 1. The summed E-state index contributed by atoms with van der Waals surface area (Å²) in [7, 11) is 0. The van der Waals surface area contributed by atoms with Crippen LogP contribution < -0.4 is 0 Å². The number of ether oxygens (including phenoxy) is 2. The van der Waals surface area contributed by atoms with Crippen molar-refractivity contribution in [2.75, 3.05) is 13.2 Å². The minimum absolute atomic E-state index is 0.172. The molecule has 39 heavy (non-hydrogen) atoms. The van der Waals surface area contributed by atoms with Gasteiger partial charge in [0.2, 0.25) is 0 Å². The van der Waals surface area contributed by atoms with Gasteiger partial charge in [-0.3, -0.25) is 4.79 Å². The second-order valence-corrected chi connectivity index (χ2v) is 9.48. The Morgan fingerprint density at radius 1 is 0.923 bits per heavy atom. The van der Waals surface area contributed by atoms with Crippen LogP contribution in [0.1, 0.15) is 29.0 Å². The lowest BCUT2D eigenvalue weighted by molar-refractivity contribution is -0.149. The highest BCUT2D eigenvalue weighted by molar-refractivity contribution is 6.01. The summed E-state index contributed by atoms with van der Waals surface area (Å²) in [6.45, 7) is -1.19. The van der Waals surface area contributed by atoms with E-state index in [1.807, 2.05) is 0 Å². The number of aromatic hydroxyl groups is 4. The Balaban J connectivity index is 1.65. The first-order valence-corrected chi connectivity index (χ1v) is 11.9. The second kappa shape index (κ2) is 11.1. The maximum atomic E-state index is 13.2. The zero-order valence-corrected chi connectivity index (χ0v) is 20.3. The van der Waals surface area contributed by atoms with Gasteiger partial charge in [-0.15, -0.1) is 0 Å². The number of aliphatic hydroxyl groups excluding tert-OH is 4. The van der Waals surface area contributed by atoms with Crippen LogP contribution in [0.2, 0.25) is 0 Å². The number of carbonyl (C=O) groups excluding carboxylic acids is 1. The summed E-state index contributed by atoms with van der Waals surface area (Å²) < 4.78 is 10.7. The van der Waals surface area contributed by atoms with E-state index in [0.29, 0.717) is 0 Å². The maximum Gasteiger partial charge on any atom is 0.335 e. The first-order valence-electron chi connectivity index (χ1n) is 11.9. The monoisotopic (exact) mass is 548 g/mol. The summed E-state index contributed by atoms with van der Waals surface area (Å²) in [4.78, 5) is 25.7. The van der Waals surface area contributed by atoms with Crippen molar-refractivity contribution in [1.82, 2.24) is 0 Å². The summed E-state index contributed by atoms with van der Waals surface area (Å²) in [6, 6.07) is 5.85. The minimum Gasteiger partial charge on any atom is -0.504 e. The van der Waals surface area contributed by atoms with Gasteiger partial charge < -0.3 is 55.4 Å². The Labute approximate surface area is 221 Å². The van der Waals surface area contributed by atoms with Crippen molar-refractivity contribution in [3.63, 3.8) is 0 Å². The fourth-order valence-electron chi connectivity index (χ4n) is 4.93. The lowest BCUT2D eigenvalue weighted by atomic mass is 9.71. The number of hydrogen-bond donors (Lipinski definition) is 9. The molecule has 7 unspecified atom stereocenters. The Morgan fingerprint density at radius 2 is 1.56 bits per heavy atom. The first-order chi connectivity index (χ1) is 18.4. The molecule has 1 aliphatic carbocycles. The minimum atomic E-state index is -1.61. The van der Waals surface area contributed by atoms with E-state index < -0.39 is 90.5 Å². The number of carboxylic acids is 1. The van der Waals surface area contributed by atoms with Crippen LogP contribution in [0.5, 0.6) is 23.0 Å². The molecular weight excluding hydrogens is 520 g/mol. The van der Waals surface area contributed by atoms with E-state index in [9.17, 15) is 50.4 Å². The van der Waals surface area contributed by atoms with E-state index in [0.717, 1.165) is 24.3 Å². The van der Waals surface area contributed by atoms with Crippen molar-refractivity contribution in [1.29, 1.82) is 0 Å². The smallest absolute Gasteiger partial charge is 0.335 e. The molecule has 1 saturated heterocycles. The lowest BCUT2D eigenvalue weighted by Gasteiger charge is -2.32. The molecule has 4 rings (SSSR count). The zero-order valence-electron chi connectivity index (χ0n) is 20.3. The highest BCUT2D eigenvalue weighted by atomic mass is 16.6. The molecule has 2 aromatic rings. The Kier molecular flexibility index (Phi) is 7.99. The number of phenols is 4. The van der Waals surface area contributed by atoms with Gasteiger partial charge in [0.15, 0.2) is 23.0 Å². The number of phenolic OH excluding ortho intramolecular Hbond substituents is 4. The van der Waals surface area contributed by atoms with Crippen LogP contribution in [-0.4, -0.2) is 102 Å². The molecule has 1 fully saturated rings. The molecule has 0 bridgehead atoms. The average Bonchev–Trinajstić information content (AvgIpc) is 3.16. The van der Waals surface area contributed by atoms with Gasteiger partial charge in [-0.1, -0.05) is 6.07 Å². The molecule has 210 valence electrons. The molecule has 0 aromatic heterocycles. The van der Waals surface area contributed by atoms with Crippen molar-refractivity contribution in [2.24, 2.45) is 5.92 Å². The molecule has 2 aromatic carbocycles. The van der Waals surface area contributed by atoms with Gasteiger partial charge in [0.25, 0.3) is 0 Å². The number of carbonyl (C=O) groups is 2. The molecular formula is C26H28O13. The highest BCUT2D eigenvalue weighted by Crippen LogP contribution is 2.47. The van der Waals surface area contributed by atoms with Gasteiger partial charge in [0.1, 0.15) is 24.9 Å². The largest absolute Gasteiger partial charge is 0.504 e. The number of rotatable bonds is 8. The van der Waals surface area contributed by atoms with Gasteiger partial charge in [-0.05, 0) is 47.0 Å². The van der Waals surface area contributed by atoms with Crippen molar-refractivity contribution in [2.45, 2.75) is 42.9 Å². The van der Waals surface area contributed by atoms with Crippen molar-refractivity contribution in [3.05, 3.63) is 52.6 Å². The van der Waals surface area contributed by atoms with Gasteiger partial charge in [-0.2, -0.15) is 0 Å². The fraction of sp³-hybridized carbons (Fsp3) is 0.385. The fourth-order valence-corrected chi connectivity index (χ4v) is 4.93. The molecule has 9 N–H and O–H groups in total. The van der Waals surface area contributed by atoms with Crippen LogP contribution in [-0.2, 0) is 19.1 Å². The molecule has 0 spiro atoms. The molecule has 1 heterocycles. The summed E-state index contributed by atoms with van der Waals surface area (Å²) in [5.41, 5.74) is 0.198. The third-order valence-corrected chi connectivity index (χ3v) is 6.91. The van der Waals surface area contributed by atoms with Crippen LogP contribution in [0, 0.1) is 5.92 Å². The predicted molar refractivity (Wildman–Crippen MR) is 130 cm³/mol. The van der Waals surface area contributed by atoms with Gasteiger partial charge in [-0.25, -0.2) is 4.79 Å². The molecule has 0 saturated carbocycles.